The van der Waals surface area contributed by atoms with Crippen LogP contribution in [0, 0.1) is 5.92 Å². The van der Waals surface area contributed by atoms with E-state index in [9.17, 15) is 4.79 Å². The Kier molecular flexibility index (Phi) is 5.70. The first-order valence-corrected chi connectivity index (χ1v) is 6.22. The minimum atomic E-state index is -0.163. The van der Waals surface area contributed by atoms with Crippen molar-refractivity contribution >= 4 is 11.6 Å². The number of para-hydroxylation sites is 1. The summed E-state index contributed by atoms with van der Waals surface area (Å²) in [6.07, 6.45) is 1.13. The fraction of sp³-hybridized carbons (Fsp3) is 0.500. The van der Waals surface area contributed by atoms with Gasteiger partial charge in [-0.3, -0.25) is 4.79 Å². The van der Waals surface area contributed by atoms with Crippen molar-refractivity contribution in [2.45, 2.75) is 33.2 Å². The molecule has 1 amide bonds. The standard InChI is InChI=1S/C14H22N2O/c1-4-11(2)10-15-12(3)14(17)16-13-8-6-5-7-9-13/h5-9,11-12,15H,4,10H2,1-3H3,(H,16,17). The summed E-state index contributed by atoms with van der Waals surface area (Å²) in [6.45, 7) is 7.09. The topological polar surface area (TPSA) is 41.1 Å². The lowest BCUT2D eigenvalue weighted by Gasteiger charge is -2.16. The molecule has 0 aliphatic carbocycles. The van der Waals surface area contributed by atoms with E-state index in [2.05, 4.69) is 24.5 Å². The molecule has 0 aromatic heterocycles. The zero-order valence-corrected chi connectivity index (χ0v) is 10.9. The number of hydrogen-bond acceptors (Lipinski definition) is 2. The third-order valence-corrected chi connectivity index (χ3v) is 2.90. The first-order chi connectivity index (χ1) is 8.13. The van der Waals surface area contributed by atoms with Crippen LogP contribution in [0.4, 0.5) is 5.69 Å². The molecule has 0 radical (unpaired) electrons. The number of carbonyl (C=O) groups is 1. The molecule has 0 saturated heterocycles. The molecule has 17 heavy (non-hydrogen) atoms. The Labute approximate surface area is 104 Å². The number of carbonyl (C=O) groups excluding carboxylic acids is 1. The number of anilines is 1. The molecule has 1 aromatic carbocycles. The van der Waals surface area contributed by atoms with Crippen LogP contribution in [0.15, 0.2) is 30.3 Å². The summed E-state index contributed by atoms with van der Waals surface area (Å²) in [6, 6.07) is 9.36. The van der Waals surface area contributed by atoms with Gasteiger partial charge in [0.25, 0.3) is 0 Å². The van der Waals surface area contributed by atoms with Crippen LogP contribution in [0.1, 0.15) is 27.2 Å². The highest BCUT2D eigenvalue weighted by atomic mass is 16.2. The van der Waals surface area contributed by atoms with E-state index >= 15 is 0 Å². The molecule has 2 atom stereocenters. The Bertz CT molecular complexity index is 337. The quantitative estimate of drug-likeness (QED) is 0.794. The predicted molar refractivity (Wildman–Crippen MR) is 72.0 cm³/mol. The molecular formula is C14H22N2O. The Morgan fingerprint density at radius 2 is 1.88 bits per heavy atom. The van der Waals surface area contributed by atoms with Crippen LogP contribution in [-0.4, -0.2) is 18.5 Å². The summed E-state index contributed by atoms with van der Waals surface area (Å²) in [5, 5.41) is 6.12. The Morgan fingerprint density at radius 3 is 2.47 bits per heavy atom. The minimum Gasteiger partial charge on any atom is -0.325 e. The predicted octanol–water partition coefficient (Wildman–Crippen LogP) is 2.65. The van der Waals surface area contributed by atoms with Crippen molar-refractivity contribution in [3.8, 4) is 0 Å². The number of nitrogens with one attached hydrogen (secondary N) is 2. The van der Waals surface area contributed by atoms with Gasteiger partial charge in [0.15, 0.2) is 0 Å². The van der Waals surface area contributed by atoms with Crippen molar-refractivity contribution in [2.24, 2.45) is 5.92 Å². The molecule has 2 N–H and O–H groups in total. The summed E-state index contributed by atoms with van der Waals surface area (Å²) in [5.74, 6) is 0.612. The highest BCUT2D eigenvalue weighted by Crippen LogP contribution is 2.05. The average Bonchev–Trinajstić information content (AvgIpc) is 2.36. The number of rotatable bonds is 6. The van der Waals surface area contributed by atoms with Crippen LogP contribution in [0.3, 0.4) is 0 Å². The zero-order chi connectivity index (χ0) is 12.7. The lowest BCUT2D eigenvalue weighted by molar-refractivity contribution is -0.117. The molecular weight excluding hydrogens is 212 g/mol. The molecule has 0 fully saturated rings. The van der Waals surface area contributed by atoms with Gasteiger partial charge in [-0.15, -0.1) is 0 Å². The van der Waals surface area contributed by atoms with Crippen LogP contribution in [0.5, 0.6) is 0 Å². The molecule has 0 aliphatic heterocycles. The molecule has 0 aliphatic rings. The third kappa shape index (κ3) is 5.00. The fourth-order valence-electron chi connectivity index (χ4n) is 1.39. The minimum absolute atomic E-state index is 0.0134. The summed E-state index contributed by atoms with van der Waals surface area (Å²) in [4.78, 5) is 11.8. The monoisotopic (exact) mass is 234 g/mol. The van der Waals surface area contributed by atoms with E-state index in [1.54, 1.807) is 0 Å². The second-order valence-corrected chi connectivity index (χ2v) is 4.50. The second kappa shape index (κ2) is 7.07. The van der Waals surface area contributed by atoms with Gasteiger partial charge in [0.1, 0.15) is 0 Å². The molecule has 0 heterocycles. The number of hydrogen-bond donors (Lipinski definition) is 2. The van der Waals surface area contributed by atoms with Gasteiger partial charge in [-0.05, 0) is 31.5 Å². The van der Waals surface area contributed by atoms with Crippen molar-refractivity contribution in [1.82, 2.24) is 5.32 Å². The normalized spacial score (nSPS) is 14.1. The maximum atomic E-state index is 11.8. The van der Waals surface area contributed by atoms with Gasteiger partial charge in [-0.1, -0.05) is 38.5 Å². The van der Waals surface area contributed by atoms with Crippen LogP contribution in [-0.2, 0) is 4.79 Å². The van der Waals surface area contributed by atoms with Gasteiger partial charge in [0, 0.05) is 5.69 Å². The maximum Gasteiger partial charge on any atom is 0.241 e. The van der Waals surface area contributed by atoms with Crippen molar-refractivity contribution in [1.29, 1.82) is 0 Å². The molecule has 2 unspecified atom stereocenters. The Hall–Kier alpha value is -1.35. The molecule has 0 saturated carbocycles. The molecule has 0 spiro atoms. The van der Waals surface area contributed by atoms with Gasteiger partial charge in [-0.2, -0.15) is 0 Å². The van der Waals surface area contributed by atoms with E-state index in [1.165, 1.54) is 0 Å². The summed E-state index contributed by atoms with van der Waals surface area (Å²) in [5.41, 5.74) is 0.842. The summed E-state index contributed by atoms with van der Waals surface area (Å²) in [7, 11) is 0. The van der Waals surface area contributed by atoms with Crippen LogP contribution < -0.4 is 10.6 Å². The van der Waals surface area contributed by atoms with Gasteiger partial charge < -0.3 is 10.6 Å². The van der Waals surface area contributed by atoms with E-state index < -0.39 is 0 Å². The third-order valence-electron chi connectivity index (χ3n) is 2.90. The van der Waals surface area contributed by atoms with Crippen molar-refractivity contribution in [3.05, 3.63) is 30.3 Å². The number of benzene rings is 1. The molecule has 1 aromatic rings. The second-order valence-electron chi connectivity index (χ2n) is 4.50. The highest BCUT2D eigenvalue weighted by molar-refractivity contribution is 5.94. The summed E-state index contributed by atoms with van der Waals surface area (Å²) < 4.78 is 0. The average molecular weight is 234 g/mol. The maximum absolute atomic E-state index is 11.8. The van der Waals surface area contributed by atoms with E-state index in [-0.39, 0.29) is 11.9 Å². The molecule has 0 bridgehead atoms. The largest absolute Gasteiger partial charge is 0.325 e. The highest BCUT2D eigenvalue weighted by Gasteiger charge is 2.12. The van der Waals surface area contributed by atoms with Gasteiger partial charge in [0.2, 0.25) is 5.91 Å². The van der Waals surface area contributed by atoms with E-state index in [0.717, 1.165) is 18.7 Å². The Balaban J connectivity index is 2.37. The zero-order valence-electron chi connectivity index (χ0n) is 10.9. The summed E-state index contributed by atoms with van der Waals surface area (Å²) >= 11 is 0. The van der Waals surface area contributed by atoms with Crippen molar-refractivity contribution in [2.75, 3.05) is 11.9 Å². The van der Waals surface area contributed by atoms with E-state index in [0.29, 0.717) is 5.92 Å². The van der Waals surface area contributed by atoms with Crippen molar-refractivity contribution in [3.63, 3.8) is 0 Å². The van der Waals surface area contributed by atoms with Crippen LogP contribution >= 0.6 is 0 Å². The van der Waals surface area contributed by atoms with E-state index in [4.69, 9.17) is 0 Å². The van der Waals surface area contributed by atoms with Gasteiger partial charge in [0.05, 0.1) is 6.04 Å². The molecule has 3 heteroatoms. The van der Waals surface area contributed by atoms with Gasteiger partial charge >= 0.3 is 0 Å². The fourth-order valence-corrected chi connectivity index (χ4v) is 1.39. The van der Waals surface area contributed by atoms with Gasteiger partial charge in [-0.25, -0.2) is 0 Å². The lowest BCUT2D eigenvalue weighted by atomic mass is 10.1. The first kappa shape index (κ1) is 13.7. The number of amides is 1. The van der Waals surface area contributed by atoms with E-state index in [1.807, 2.05) is 37.3 Å². The lowest BCUT2D eigenvalue weighted by Crippen LogP contribution is -2.40. The first-order valence-electron chi connectivity index (χ1n) is 6.22. The Morgan fingerprint density at radius 1 is 1.24 bits per heavy atom. The van der Waals surface area contributed by atoms with Crippen molar-refractivity contribution < 1.29 is 4.79 Å². The molecule has 94 valence electrons. The van der Waals surface area contributed by atoms with Crippen LogP contribution in [0.2, 0.25) is 0 Å². The smallest absolute Gasteiger partial charge is 0.241 e. The van der Waals surface area contributed by atoms with Crippen LogP contribution in [0.25, 0.3) is 0 Å². The molecule has 3 nitrogen and oxygen atoms in total. The SMILES string of the molecule is CCC(C)CNC(C)C(=O)Nc1ccccc1. The molecule has 1 rings (SSSR count).